The Bertz CT molecular complexity index is 981. The van der Waals surface area contributed by atoms with E-state index in [9.17, 15) is 4.79 Å². The fraction of sp³-hybridized carbons (Fsp3) is 0.333. The molecule has 3 rings (SSSR count). The summed E-state index contributed by atoms with van der Waals surface area (Å²) >= 11 is 0. The van der Waals surface area contributed by atoms with Crippen LogP contribution in [0.4, 0.5) is 0 Å². The summed E-state index contributed by atoms with van der Waals surface area (Å²) in [5.74, 6) is 1.25. The van der Waals surface area contributed by atoms with Gasteiger partial charge in [0.1, 0.15) is 11.5 Å². The zero-order chi connectivity index (χ0) is 21.5. The van der Waals surface area contributed by atoms with Crippen molar-refractivity contribution in [1.29, 1.82) is 0 Å². The summed E-state index contributed by atoms with van der Waals surface area (Å²) in [4.78, 5) is 15.7. The first-order valence-corrected chi connectivity index (χ1v) is 10.1. The number of carboxylic acids is 1. The molecule has 1 atom stereocenters. The predicted molar refractivity (Wildman–Crippen MR) is 114 cm³/mol. The molecule has 0 aliphatic carbocycles. The minimum atomic E-state index is -0.883. The van der Waals surface area contributed by atoms with Gasteiger partial charge in [-0.2, -0.15) is 0 Å². The highest BCUT2D eigenvalue weighted by Gasteiger charge is 2.18. The van der Waals surface area contributed by atoms with Crippen molar-refractivity contribution in [2.45, 2.75) is 39.7 Å². The fourth-order valence-electron chi connectivity index (χ4n) is 3.35. The lowest BCUT2D eigenvalue weighted by Gasteiger charge is -2.18. The number of carbonyl (C=O) groups is 1. The minimum absolute atomic E-state index is 0.0654. The Morgan fingerprint density at radius 3 is 2.60 bits per heavy atom. The van der Waals surface area contributed by atoms with Crippen LogP contribution in [0.5, 0.6) is 5.75 Å². The van der Waals surface area contributed by atoms with Crippen LogP contribution in [-0.4, -0.2) is 29.3 Å². The Morgan fingerprint density at radius 1 is 1.17 bits per heavy atom. The molecule has 0 spiro atoms. The zero-order valence-electron chi connectivity index (χ0n) is 17.6. The van der Waals surface area contributed by atoms with Crippen LogP contribution in [0.15, 0.2) is 52.9 Å². The third-order valence-corrected chi connectivity index (χ3v) is 4.84. The molecule has 30 heavy (non-hydrogen) atoms. The molecular weight excluding hydrogens is 382 g/mol. The summed E-state index contributed by atoms with van der Waals surface area (Å²) < 4.78 is 17.3. The Balaban J connectivity index is 1.62. The number of aryl methyl sites for hydroxylation is 2. The van der Waals surface area contributed by atoms with Gasteiger partial charge >= 0.3 is 5.97 Å². The van der Waals surface area contributed by atoms with Crippen LogP contribution in [0, 0.1) is 13.8 Å². The van der Waals surface area contributed by atoms with Gasteiger partial charge in [0.05, 0.1) is 24.8 Å². The van der Waals surface area contributed by atoms with Gasteiger partial charge in [-0.3, -0.25) is 4.79 Å². The number of ether oxygens (including phenoxy) is 2. The second kappa shape index (κ2) is 10.1. The molecule has 1 N–H and O–H groups in total. The Kier molecular flexibility index (Phi) is 7.25. The second-order valence-corrected chi connectivity index (χ2v) is 7.05. The van der Waals surface area contributed by atoms with Gasteiger partial charge in [-0.25, -0.2) is 4.98 Å². The standard InChI is InChI=1S/C24H27NO5/c1-4-28-22(15-23(26)27)20-11-10-19(14-16(20)2)29-13-12-21-17(3)30-24(25-21)18-8-6-5-7-9-18/h5-11,14,22H,4,12-13,15H2,1-3H3,(H,26,27). The van der Waals surface area contributed by atoms with E-state index in [0.29, 0.717) is 25.5 Å². The lowest BCUT2D eigenvalue weighted by Crippen LogP contribution is -2.11. The van der Waals surface area contributed by atoms with Crippen LogP contribution in [0.2, 0.25) is 0 Å². The molecule has 1 unspecified atom stereocenters. The minimum Gasteiger partial charge on any atom is -0.493 e. The molecule has 0 saturated carbocycles. The molecule has 0 radical (unpaired) electrons. The number of carboxylic acid groups (broad SMARTS) is 1. The molecule has 6 heteroatoms. The van der Waals surface area contributed by atoms with Gasteiger partial charge in [0.15, 0.2) is 0 Å². The molecule has 0 bridgehead atoms. The number of rotatable bonds is 10. The molecule has 2 aromatic carbocycles. The highest BCUT2D eigenvalue weighted by atomic mass is 16.5. The summed E-state index contributed by atoms with van der Waals surface area (Å²) in [6.07, 6.45) is 0.101. The van der Waals surface area contributed by atoms with Gasteiger partial charge in [0.25, 0.3) is 0 Å². The number of nitrogens with zero attached hydrogens (tertiary/aromatic N) is 1. The number of aromatic nitrogens is 1. The number of hydrogen-bond acceptors (Lipinski definition) is 5. The van der Waals surface area contributed by atoms with E-state index >= 15 is 0 Å². The third-order valence-electron chi connectivity index (χ3n) is 4.84. The van der Waals surface area contributed by atoms with Gasteiger partial charge in [-0.1, -0.05) is 24.3 Å². The molecule has 1 heterocycles. The first kappa shape index (κ1) is 21.6. The molecule has 0 amide bonds. The maximum Gasteiger partial charge on any atom is 0.306 e. The van der Waals surface area contributed by atoms with Crippen LogP contribution in [0.1, 0.15) is 42.0 Å². The normalized spacial score (nSPS) is 12.0. The van der Waals surface area contributed by atoms with Gasteiger partial charge in [-0.15, -0.1) is 0 Å². The summed E-state index contributed by atoms with van der Waals surface area (Å²) in [5, 5.41) is 9.12. The zero-order valence-corrected chi connectivity index (χ0v) is 17.6. The van der Waals surface area contributed by atoms with Crippen molar-refractivity contribution < 1.29 is 23.8 Å². The molecule has 3 aromatic rings. The number of hydrogen-bond donors (Lipinski definition) is 1. The predicted octanol–water partition coefficient (Wildman–Crippen LogP) is 5.13. The van der Waals surface area contributed by atoms with Crippen molar-refractivity contribution in [3.63, 3.8) is 0 Å². The van der Waals surface area contributed by atoms with E-state index in [0.717, 1.165) is 33.9 Å². The Labute approximate surface area is 176 Å². The number of oxazole rings is 1. The molecule has 0 aliphatic heterocycles. The molecule has 158 valence electrons. The maximum absolute atomic E-state index is 11.1. The molecule has 0 aliphatic rings. The summed E-state index contributed by atoms with van der Waals surface area (Å²) in [5.41, 5.74) is 3.63. The summed E-state index contributed by atoms with van der Waals surface area (Å²) in [6.45, 7) is 6.62. The van der Waals surface area contributed by atoms with E-state index in [1.54, 1.807) is 0 Å². The molecular formula is C24H27NO5. The second-order valence-electron chi connectivity index (χ2n) is 7.05. The van der Waals surface area contributed by atoms with Crippen molar-refractivity contribution in [1.82, 2.24) is 4.98 Å². The van der Waals surface area contributed by atoms with E-state index in [4.69, 9.17) is 19.0 Å². The van der Waals surface area contributed by atoms with Crippen LogP contribution >= 0.6 is 0 Å². The van der Waals surface area contributed by atoms with Gasteiger partial charge < -0.3 is 19.0 Å². The Morgan fingerprint density at radius 2 is 1.93 bits per heavy atom. The van der Waals surface area contributed by atoms with Gasteiger partial charge in [0, 0.05) is 18.6 Å². The average molecular weight is 409 g/mol. The lowest BCUT2D eigenvalue weighted by molar-refractivity contribution is -0.140. The highest BCUT2D eigenvalue weighted by molar-refractivity contribution is 5.68. The van der Waals surface area contributed by atoms with E-state index in [-0.39, 0.29) is 6.42 Å². The molecule has 0 fully saturated rings. The van der Waals surface area contributed by atoms with Gasteiger partial charge in [0.2, 0.25) is 5.89 Å². The van der Waals surface area contributed by atoms with Crippen molar-refractivity contribution in [2.24, 2.45) is 0 Å². The van der Waals surface area contributed by atoms with Crippen molar-refractivity contribution in [2.75, 3.05) is 13.2 Å². The molecule has 1 aromatic heterocycles. The van der Waals surface area contributed by atoms with Crippen LogP contribution in [0.3, 0.4) is 0 Å². The summed E-state index contributed by atoms with van der Waals surface area (Å²) in [7, 11) is 0. The first-order chi connectivity index (χ1) is 14.5. The number of aliphatic carboxylic acids is 1. The topological polar surface area (TPSA) is 81.8 Å². The lowest BCUT2D eigenvalue weighted by atomic mass is 10.0. The Hall–Kier alpha value is -3.12. The van der Waals surface area contributed by atoms with Crippen molar-refractivity contribution in [3.8, 4) is 17.2 Å². The van der Waals surface area contributed by atoms with E-state index in [1.807, 2.05) is 69.3 Å². The van der Waals surface area contributed by atoms with Crippen molar-refractivity contribution >= 4 is 5.97 Å². The largest absolute Gasteiger partial charge is 0.493 e. The van der Waals surface area contributed by atoms with E-state index in [2.05, 4.69) is 4.98 Å². The average Bonchev–Trinajstić information content (AvgIpc) is 3.09. The fourth-order valence-corrected chi connectivity index (χ4v) is 3.35. The summed E-state index contributed by atoms with van der Waals surface area (Å²) in [6, 6.07) is 15.4. The maximum atomic E-state index is 11.1. The number of benzene rings is 2. The highest BCUT2D eigenvalue weighted by Crippen LogP contribution is 2.28. The van der Waals surface area contributed by atoms with Gasteiger partial charge in [-0.05, 0) is 56.2 Å². The van der Waals surface area contributed by atoms with Crippen LogP contribution < -0.4 is 4.74 Å². The third kappa shape index (κ3) is 5.48. The smallest absolute Gasteiger partial charge is 0.306 e. The van der Waals surface area contributed by atoms with Crippen molar-refractivity contribution in [3.05, 3.63) is 71.1 Å². The molecule has 0 saturated heterocycles. The van der Waals surface area contributed by atoms with Crippen LogP contribution in [-0.2, 0) is 16.0 Å². The van der Waals surface area contributed by atoms with E-state index < -0.39 is 12.1 Å². The van der Waals surface area contributed by atoms with Crippen LogP contribution in [0.25, 0.3) is 11.5 Å². The SMILES string of the molecule is CCOC(CC(=O)O)c1ccc(OCCc2nc(-c3ccccc3)oc2C)cc1C. The quantitative estimate of drug-likeness (QED) is 0.500. The first-order valence-electron chi connectivity index (χ1n) is 10.1. The van der Waals surface area contributed by atoms with E-state index in [1.165, 1.54) is 0 Å². The monoisotopic (exact) mass is 409 g/mol. The molecule has 6 nitrogen and oxygen atoms in total.